The van der Waals surface area contributed by atoms with Gasteiger partial charge in [0.25, 0.3) is 0 Å². The van der Waals surface area contributed by atoms with Crippen LogP contribution in [0.3, 0.4) is 0 Å². The molecule has 0 amide bonds. The molecule has 4 aromatic carbocycles. The van der Waals surface area contributed by atoms with Gasteiger partial charge in [-0.15, -0.1) is 22.7 Å². The number of benzene rings is 4. The molecule has 0 atom stereocenters. The van der Waals surface area contributed by atoms with Gasteiger partial charge >= 0.3 is 0 Å². The van der Waals surface area contributed by atoms with E-state index in [0.717, 1.165) is 0 Å². The van der Waals surface area contributed by atoms with Crippen molar-refractivity contribution in [3.05, 3.63) is 71.8 Å². The Bertz CT molecular complexity index is 1490. The van der Waals surface area contributed by atoms with Crippen molar-refractivity contribution >= 4 is 73.8 Å². The van der Waals surface area contributed by atoms with E-state index in [-0.39, 0.29) is 0 Å². The van der Waals surface area contributed by atoms with Gasteiger partial charge in [-0.25, -0.2) is 0 Å². The standard InChI is InChI=1S/C24H16S2/c1-13-3-5-15-11-20-21(12-17(15)10-13)25-23-19-8-6-16-9-14(2)4-7-18(16)22(19)26-24(20)23/h3-12H,1-2H3. The molecule has 0 bridgehead atoms. The molecular weight excluding hydrogens is 352 g/mol. The van der Waals surface area contributed by atoms with Crippen molar-refractivity contribution in [2.24, 2.45) is 0 Å². The Hall–Kier alpha value is -2.42. The van der Waals surface area contributed by atoms with Crippen molar-refractivity contribution in [1.82, 2.24) is 0 Å². The summed E-state index contributed by atoms with van der Waals surface area (Å²) in [6.07, 6.45) is 0. The zero-order valence-electron chi connectivity index (χ0n) is 14.6. The number of thiophene rings is 2. The Labute approximate surface area is 159 Å². The van der Waals surface area contributed by atoms with Crippen LogP contribution in [0.25, 0.3) is 51.1 Å². The first-order valence-electron chi connectivity index (χ1n) is 8.86. The molecule has 6 aromatic rings. The topological polar surface area (TPSA) is 0 Å². The van der Waals surface area contributed by atoms with E-state index < -0.39 is 0 Å². The van der Waals surface area contributed by atoms with E-state index in [2.05, 4.69) is 74.5 Å². The second-order valence-corrected chi connectivity index (χ2v) is 9.30. The lowest BCUT2D eigenvalue weighted by Crippen LogP contribution is -1.75. The first kappa shape index (κ1) is 14.7. The van der Waals surface area contributed by atoms with Crippen molar-refractivity contribution in [1.29, 1.82) is 0 Å². The average Bonchev–Trinajstić information content (AvgIpc) is 3.15. The fourth-order valence-corrected chi connectivity index (χ4v) is 6.83. The zero-order valence-corrected chi connectivity index (χ0v) is 16.2. The van der Waals surface area contributed by atoms with Gasteiger partial charge < -0.3 is 0 Å². The first-order valence-corrected chi connectivity index (χ1v) is 10.5. The fraction of sp³-hybridized carbons (Fsp3) is 0.0833. The van der Waals surface area contributed by atoms with Crippen molar-refractivity contribution < 1.29 is 0 Å². The minimum Gasteiger partial charge on any atom is -0.134 e. The van der Waals surface area contributed by atoms with Gasteiger partial charge in [0.15, 0.2) is 0 Å². The fourth-order valence-electron chi connectivity index (χ4n) is 4.03. The van der Waals surface area contributed by atoms with Crippen molar-refractivity contribution in [2.75, 3.05) is 0 Å². The van der Waals surface area contributed by atoms with Gasteiger partial charge in [-0.2, -0.15) is 0 Å². The molecule has 0 radical (unpaired) electrons. The largest absolute Gasteiger partial charge is 0.134 e. The molecule has 0 N–H and O–H groups in total. The van der Waals surface area contributed by atoms with E-state index in [1.54, 1.807) is 0 Å². The van der Waals surface area contributed by atoms with E-state index in [4.69, 9.17) is 0 Å². The molecule has 0 saturated heterocycles. The molecule has 26 heavy (non-hydrogen) atoms. The maximum absolute atomic E-state index is 2.38. The van der Waals surface area contributed by atoms with Gasteiger partial charge in [0.2, 0.25) is 0 Å². The maximum Gasteiger partial charge on any atom is 0.0542 e. The minimum atomic E-state index is 1.32. The van der Waals surface area contributed by atoms with Gasteiger partial charge in [-0.3, -0.25) is 0 Å². The summed E-state index contributed by atoms with van der Waals surface area (Å²) < 4.78 is 5.70. The van der Waals surface area contributed by atoms with Crippen LogP contribution < -0.4 is 0 Å². The van der Waals surface area contributed by atoms with Gasteiger partial charge in [0, 0.05) is 20.2 Å². The molecule has 0 aliphatic carbocycles. The summed E-state index contributed by atoms with van der Waals surface area (Å²) in [5, 5.41) is 8.21. The van der Waals surface area contributed by atoms with Gasteiger partial charge in [0.05, 0.1) is 9.40 Å². The highest BCUT2D eigenvalue weighted by Gasteiger charge is 2.14. The highest BCUT2D eigenvalue weighted by molar-refractivity contribution is 7.37. The van der Waals surface area contributed by atoms with E-state index in [1.807, 2.05) is 22.7 Å². The van der Waals surface area contributed by atoms with Crippen LogP contribution in [0.2, 0.25) is 0 Å². The zero-order chi connectivity index (χ0) is 17.4. The Kier molecular flexibility index (Phi) is 2.87. The smallest absolute Gasteiger partial charge is 0.0542 e. The third kappa shape index (κ3) is 1.94. The van der Waals surface area contributed by atoms with Gasteiger partial charge in [0.1, 0.15) is 0 Å². The SMILES string of the molecule is Cc1ccc2cc3c(cc2c1)sc1c2ccc4cc(C)ccc4c2sc31. The summed E-state index contributed by atoms with van der Waals surface area (Å²) in [6.45, 7) is 4.33. The van der Waals surface area contributed by atoms with Gasteiger partial charge in [-0.1, -0.05) is 59.7 Å². The first-order chi connectivity index (χ1) is 12.7. The normalized spacial score (nSPS) is 12.2. The van der Waals surface area contributed by atoms with Crippen LogP contribution in [0.4, 0.5) is 0 Å². The minimum absolute atomic E-state index is 1.32. The summed E-state index contributed by atoms with van der Waals surface area (Å²) in [7, 11) is 0. The van der Waals surface area contributed by atoms with Crippen LogP contribution >= 0.6 is 22.7 Å². The van der Waals surface area contributed by atoms with Crippen molar-refractivity contribution in [3.63, 3.8) is 0 Å². The summed E-state index contributed by atoms with van der Waals surface area (Å²) in [6, 6.07) is 22.9. The number of hydrogen-bond donors (Lipinski definition) is 0. The van der Waals surface area contributed by atoms with E-state index in [1.165, 1.54) is 62.2 Å². The summed E-state index contributed by atoms with van der Waals surface area (Å²) in [5.74, 6) is 0. The molecule has 0 aliphatic rings. The van der Waals surface area contributed by atoms with Crippen LogP contribution in [-0.2, 0) is 0 Å². The molecule has 124 valence electrons. The average molecular weight is 369 g/mol. The Morgan fingerprint density at radius 2 is 1.19 bits per heavy atom. The number of fused-ring (bicyclic) bond motifs is 8. The molecule has 6 rings (SSSR count). The third-order valence-electron chi connectivity index (χ3n) is 5.33. The summed E-state index contributed by atoms with van der Waals surface area (Å²) in [5.41, 5.74) is 2.64. The van der Waals surface area contributed by atoms with E-state index >= 15 is 0 Å². The number of rotatable bonds is 0. The van der Waals surface area contributed by atoms with Crippen LogP contribution in [0, 0.1) is 13.8 Å². The van der Waals surface area contributed by atoms with Crippen LogP contribution in [0.5, 0.6) is 0 Å². The monoisotopic (exact) mass is 368 g/mol. The van der Waals surface area contributed by atoms with Crippen molar-refractivity contribution in [3.8, 4) is 0 Å². The molecular formula is C24H16S2. The Balaban J connectivity index is 1.77. The second-order valence-electron chi connectivity index (χ2n) is 7.23. The Morgan fingerprint density at radius 3 is 2.08 bits per heavy atom. The quantitative estimate of drug-likeness (QED) is 0.253. The maximum atomic E-state index is 2.38. The lowest BCUT2D eigenvalue weighted by molar-refractivity contribution is 1.51. The molecule has 2 heterocycles. The Morgan fingerprint density at radius 1 is 0.500 bits per heavy atom. The predicted molar refractivity (Wildman–Crippen MR) is 119 cm³/mol. The van der Waals surface area contributed by atoms with Crippen LogP contribution in [0.15, 0.2) is 60.7 Å². The van der Waals surface area contributed by atoms with Gasteiger partial charge in [-0.05, 0) is 47.5 Å². The molecule has 0 aliphatic heterocycles. The molecule has 0 fully saturated rings. The summed E-state index contributed by atoms with van der Waals surface area (Å²) >= 11 is 3.90. The number of hydrogen-bond acceptors (Lipinski definition) is 2. The third-order valence-corrected chi connectivity index (χ3v) is 7.92. The predicted octanol–water partition coefficient (Wildman–Crippen LogP) is 8.19. The van der Waals surface area contributed by atoms with Crippen LogP contribution in [0.1, 0.15) is 11.1 Å². The second kappa shape index (κ2) is 5.06. The molecule has 0 unspecified atom stereocenters. The lowest BCUT2D eigenvalue weighted by atomic mass is 10.1. The van der Waals surface area contributed by atoms with E-state index in [9.17, 15) is 0 Å². The molecule has 2 aromatic heterocycles. The molecule has 2 heteroatoms. The highest BCUT2D eigenvalue weighted by atomic mass is 32.1. The number of aryl methyl sites for hydroxylation is 2. The van der Waals surface area contributed by atoms with Crippen LogP contribution in [-0.4, -0.2) is 0 Å². The molecule has 0 saturated carbocycles. The molecule has 0 nitrogen and oxygen atoms in total. The van der Waals surface area contributed by atoms with E-state index in [0.29, 0.717) is 0 Å². The lowest BCUT2D eigenvalue weighted by Gasteiger charge is -2.01. The van der Waals surface area contributed by atoms with Crippen molar-refractivity contribution in [2.45, 2.75) is 13.8 Å². The molecule has 0 spiro atoms. The summed E-state index contributed by atoms with van der Waals surface area (Å²) in [4.78, 5) is 0. The highest BCUT2D eigenvalue weighted by Crippen LogP contribution is 2.47.